The van der Waals surface area contributed by atoms with Gasteiger partial charge in [0.1, 0.15) is 11.3 Å². The highest BCUT2D eigenvalue weighted by molar-refractivity contribution is 6.20. The zero-order valence-electron chi connectivity index (χ0n) is 23.0. The molecule has 0 fully saturated rings. The third kappa shape index (κ3) is 3.48. The third-order valence-electron chi connectivity index (χ3n) is 8.77. The van der Waals surface area contributed by atoms with Crippen LogP contribution in [0.1, 0.15) is 36.3 Å². The Balaban J connectivity index is 1.41. The van der Waals surface area contributed by atoms with Gasteiger partial charge in [-0.3, -0.25) is 4.57 Å². The van der Waals surface area contributed by atoms with Crippen molar-refractivity contribution in [1.82, 2.24) is 14.5 Å². The van der Waals surface area contributed by atoms with Crippen molar-refractivity contribution >= 4 is 55.3 Å². The molecule has 0 radical (unpaired) electrons. The van der Waals surface area contributed by atoms with Crippen LogP contribution < -0.4 is 0 Å². The molecule has 0 N–H and O–H groups in total. The van der Waals surface area contributed by atoms with E-state index in [0.717, 1.165) is 81.0 Å². The van der Waals surface area contributed by atoms with Gasteiger partial charge in [0.25, 0.3) is 0 Å². The first kappa shape index (κ1) is 23.5. The summed E-state index contributed by atoms with van der Waals surface area (Å²) in [6, 6.07) is 30.1. The third-order valence-corrected chi connectivity index (χ3v) is 8.77. The fraction of sp³-hybridized carbons (Fsp3) is 0.105. The second-order valence-electron chi connectivity index (χ2n) is 11.2. The molecule has 0 aliphatic heterocycles. The van der Waals surface area contributed by atoms with Gasteiger partial charge in [-0.15, -0.1) is 0 Å². The first-order chi connectivity index (χ1) is 20.8. The summed E-state index contributed by atoms with van der Waals surface area (Å²) in [6.07, 6.45) is 14.9. The van der Waals surface area contributed by atoms with E-state index in [0.29, 0.717) is 5.95 Å². The molecule has 0 saturated heterocycles. The van der Waals surface area contributed by atoms with Crippen molar-refractivity contribution in [2.24, 2.45) is 0 Å². The summed E-state index contributed by atoms with van der Waals surface area (Å²) >= 11 is 0. The Bertz CT molecular complexity index is 2300. The fourth-order valence-corrected chi connectivity index (χ4v) is 6.77. The second-order valence-corrected chi connectivity index (χ2v) is 11.2. The molecular weight excluding hydrogens is 514 g/mol. The minimum absolute atomic E-state index is 0.680. The van der Waals surface area contributed by atoms with E-state index in [1.807, 2.05) is 0 Å². The van der Waals surface area contributed by atoms with Crippen LogP contribution in [0, 0.1) is 0 Å². The number of hydrogen-bond acceptors (Lipinski definition) is 3. The molecule has 200 valence electrons. The summed E-state index contributed by atoms with van der Waals surface area (Å²) in [6.45, 7) is 0. The smallest absolute Gasteiger partial charge is 0.235 e. The van der Waals surface area contributed by atoms with E-state index in [-0.39, 0.29) is 0 Å². The van der Waals surface area contributed by atoms with E-state index in [2.05, 4.69) is 120 Å². The summed E-state index contributed by atoms with van der Waals surface area (Å²) < 4.78 is 8.85. The van der Waals surface area contributed by atoms with Gasteiger partial charge in [0.15, 0.2) is 0 Å². The van der Waals surface area contributed by atoms with Crippen molar-refractivity contribution in [2.45, 2.75) is 25.7 Å². The lowest BCUT2D eigenvalue weighted by Crippen LogP contribution is -2.05. The first-order valence-corrected chi connectivity index (χ1v) is 14.7. The van der Waals surface area contributed by atoms with E-state index in [9.17, 15) is 0 Å². The molecule has 7 aromatic rings. The number of aryl methyl sites for hydroxylation is 1. The fourth-order valence-electron chi connectivity index (χ4n) is 6.77. The number of nitrogens with zero attached hydrogens (tertiary/aromatic N) is 3. The van der Waals surface area contributed by atoms with E-state index < -0.39 is 0 Å². The SMILES string of the molecule is C1=CCCC(c2nc(-n3c4cc(-c5ccccc5)ccc4c4c5oc6c(c5ccc43)CCC=C6)nc3ccccc23)=C1. The maximum absolute atomic E-state index is 6.61. The van der Waals surface area contributed by atoms with Gasteiger partial charge in [-0.1, -0.05) is 85.0 Å². The molecule has 3 aromatic heterocycles. The van der Waals surface area contributed by atoms with Gasteiger partial charge >= 0.3 is 0 Å². The summed E-state index contributed by atoms with van der Waals surface area (Å²) in [5.41, 5.74) is 9.91. The van der Waals surface area contributed by atoms with Gasteiger partial charge < -0.3 is 4.42 Å². The average Bonchev–Trinajstić information content (AvgIpc) is 3.60. The Morgan fingerprint density at radius 2 is 1.55 bits per heavy atom. The molecule has 2 aliphatic rings. The van der Waals surface area contributed by atoms with Crippen molar-refractivity contribution in [3.05, 3.63) is 126 Å². The number of fused-ring (bicyclic) bond motifs is 8. The van der Waals surface area contributed by atoms with Crippen LogP contribution in [0.25, 0.3) is 72.4 Å². The zero-order valence-corrected chi connectivity index (χ0v) is 23.0. The highest BCUT2D eigenvalue weighted by Gasteiger charge is 2.23. The standard InChI is InChI=1S/C38H27N3O/c1-3-11-24(12-4-1)26-19-20-30-33(23-26)41(32-22-21-28-27-15-8-10-18-34(27)42-37(28)35(30)32)38-39-31-17-9-7-16-29(31)36(40-38)25-13-5-2-6-14-25/h1-5,7,9-13,16-23H,6,8,14-15H2. The minimum atomic E-state index is 0.680. The van der Waals surface area contributed by atoms with Gasteiger partial charge in [-0.2, -0.15) is 0 Å². The number of para-hydroxylation sites is 1. The number of hydrogen-bond donors (Lipinski definition) is 0. The van der Waals surface area contributed by atoms with Gasteiger partial charge in [0, 0.05) is 21.7 Å². The first-order valence-electron chi connectivity index (χ1n) is 14.7. The van der Waals surface area contributed by atoms with Crippen LogP contribution in [-0.4, -0.2) is 14.5 Å². The molecule has 0 unspecified atom stereocenters. The zero-order chi connectivity index (χ0) is 27.6. The highest BCUT2D eigenvalue weighted by atomic mass is 16.3. The summed E-state index contributed by atoms with van der Waals surface area (Å²) in [5.74, 6) is 1.66. The maximum Gasteiger partial charge on any atom is 0.235 e. The topological polar surface area (TPSA) is 43.9 Å². The van der Waals surface area contributed by atoms with Crippen LogP contribution in [0.15, 0.2) is 114 Å². The number of furan rings is 1. The molecule has 4 nitrogen and oxygen atoms in total. The van der Waals surface area contributed by atoms with Gasteiger partial charge in [-0.25, -0.2) is 9.97 Å². The Labute approximate surface area is 242 Å². The van der Waals surface area contributed by atoms with Gasteiger partial charge in [0.05, 0.1) is 27.6 Å². The number of aromatic nitrogens is 3. The van der Waals surface area contributed by atoms with Crippen molar-refractivity contribution < 1.29 is 4.42 Å². The quantitative estimate of drug-likeness (QED) is 0.224. The van der Waals surface area contributed by atoms with Crippen LogP contribution in [0.2, 0.25) is 0 Å². The highest BCUT2D eigenvalue weighted by Crippen LogP contribution is 2.42. The number of benzene rings is 4. The lowest BCUT2D eigenvalue weighted by Gasteiger charge is -2.14. The summed E-state index contributed by atoms with van der Waals surface area (Å²) in [5, 5.41) is 4.54. The predicted octanol–water partition coefficient (Wildman–Crippen LogP) is 9.83. The predicted molar refractivity (Wildman–Crippen MR) is 173 cm³/mol. The van der Waals surface area contributed by atoms with Crippen LogP contribution in [0.3, 0.4) is 0 Å². The molecule has 3 heterocycles. The Kier molecular flexibility index (Phi) is 5.12. The van der Waals surface area contributed by atoms with E-state index in [4.69, 9.17) is 14.4 Å². The molecule has 9 rings (SSSR count). The molecule has 0 amide bonds. The van der Waals surface area contributed by atoms with E-state index in [1.54, 1.807) is 0 Å². The molecule has 4 aromatic carbocycles. The van der Waals surface area contributed by atoms with E-state index >= 15 is 0 Å². The Morgan fingerprint density at radius 3 is 2.45 bits per heavy atom. The van der Waals surface area contributed by atoms with Crippen LogP contribution in [0.5, 0.6) is 0 Å². The molecule has 0 bridgehead atoms. The molecule has 0 saturated carbocycles. The van der Waals surface area contributed by atoms with Crippen molar-refractivity contribution in [3.8, 4) is 17.1 Å². The summed E-state index contributed by atoms with van der Waals surface area (Å²) in [7, 11) is 0. The van der Waals surface area contributed by atoms with Crippen LogP contribution in [0.4, 0.5) is 0 Å². The second kappa shape index (κ2) is 9.15. The Morgan fingerprint density at radius 1 is 0.690 bits per heavy atom. The average molecular weight is 542 g/mol. The normalized spacial score (nSPS) is 14.7. The van der Waals surface area contributed by atoms with Crippen LogP contribution in [-0.2, 0) is 6.42 Å². The maximum atomic E-state index is 6.61. The van der Waals surface area contributed by atoms with Crippen LogP contribution >= 0.6 is 0 Å². The molecule has 4 heteroatoms. The molecule has 0 atom stereocenters. The lowest BCUT2D eigenvalue weighted by atomic mass is 9.99. The minimum Gasteiger partial charge on any atom is -0.456 e. The molecular formula is C38H27N3O. The van der Waals surface area contributed by atoms with E-state index in [1.165, 1.54) is 22.1 Å². The van der Waals surface area contributed by atoms with Crippen molar-refractivity contribution in [3.63, 3.8) is 0 Å². The monoisotopic (exact) mass is 541 g/mol. The Hall–Kier alpha value is -5.22. The lowest BCUT2D eigenvalue weighted by molar-refractivity contribution is 0.598. The molecule has 2 aliphatic carbocycles. The largest absolute Gasteiger partial charge is 0.456 e. The molecule has 0 spiro atoms. The summed E-state index contributed by atoms with van der Waals surface area (Å²) in [4.78, 5) is 10.5. The van der Waals surface area contributed by atoms with Gasteiger partial charge in [-0.05, 0) is 72.7 Å². The number of allylic oxidation sites excluding steroid dienone is 5. The number of rotatable bonds is 3. The van der Waals surface area contributed by atoms with Crippen molar-refractivity contribution in [1.29, 1.82) is 0 Å². The molecule has 42 heavy (non-hydrogen) atoms. The van der Waals surface area contributed by atoms with Crippen molar-refractivity contribution in [2.75, 3.05) is 0 Å². The van der Waals surface area contributed by atoms with Gasteiger partial charge in [0.2, 0.25) is 5.95 Å².